The molecule has 41 heavy (non-hydrogen) atoms. The summed E-state index contributed by atoms with van der Waals surface area (Å²) in [5.41, 5.74) is 2.93. The molecule has 0 saturated heterocycles. The van der Waals surface area contributed by atoms with E-state index in [4.69, 9.17) is 4.98 Å². The Hall–Kier alpha value is -4.56. The first-order chi connectivity index (χ1) is 20.2. The van der Waals surface area contributed by atoms with Crippen molar-refractivity contribution in [3.63, 3.8) is 0 Å². The average Bonchev–Trinajstić information content (AvgIpc) is 3.44. The van der Waals surface area contributed by atoms with Gasteiger partial charge in [-0.25, -0.2) is 4.98 Å². The summed E-state index contributed by atoms with van der Waals surface area (Å²) in [6.07, 6.45) is 0. The number of para-hydroxylation sites is 1. The summed E-state index contributed by atoms with van der Waals surface area (Å²) in [6.45, 7) is 0. The van der Waals surface area contributed by atoms with Gasteiger partial charge in [0, 0.05) is 57.8 Å². The number of nitrogens with zero attached hydrogens (tertiary/aromatic N) is 1. The molecule has 2 heterocycles. The molecule has 2 aromatic heterocycles. The van der Waals surface area contributed by atoms with E-state index in [9.17, 15) is 4.57 Å². The maximum absolute atomic E-state index is 14.9. The molecule has 0 saturated carbocycles. The summed E-state index contributed by atoms with van der Waals surface area (Å²) in [5, 5.41) is 8.59. The van der Waals surface area contributed by atoms with Gasteiger partial charge in [0.05, 0.1) is 11.2 Å². The molecular weight excluding hydrogens is 537 g/mol. The minimum atomic E-state index is -3.04. The molecule has 0 unspecified atom stereocenters. The molecule has 0 spiro atoms. The van der Waals surface area contributed by atoms with Crippen molar-refractivity contribution in [2.45, 2.75) is 0 Å². The third-order valence-electron chi connectivity index (χ3n) is 7.95. The number of hydrogen-bond acceptors (Lipinski definition) is 3. The molecule has 6 aromatic carbocycles. The van der Waals surface area contributed by atoms with Crippen LogP contribution in [0.4, 0.5) is 0 Å². The normalized spacial score (nSPS) is 12.0. The molecule has 0 aliphatic heterocycles. The Morgan fingerprint density at radius 1 is 0.488 bits per heavy atom. The molecule has 8 aromatic rings. The van der Waals surface area contributed by atoms with Crippen LogP contribution in [0.15, 0.2) is 146 Å². The van der Waals surface area contributed by atoms with E-state index in [2.05, 4.69) is 72.8 Å². The number of pyridine rings is 1. The van der Waals surface area contributed by atoms with E-state index in [0.29, 0.717) is 0 Å². The minimum absolute atomic E-state index is 0.815. The largest absolute Gasteiger partial charge is 0.309 e. The zero-order valence-electron chi connectivity index (χ0n) is 22.1. The summed E-state index contributed by atoms with van der Waals surface area (Å²) in [7, 11) is -3.04. The van der Waals surface area contributed by atoms with Gasteiger partial charge in [0.15, 0.2) is 7.14 Å². The highest BCUT2D eigenvalue weighted by molar-refractivity contribution is 7.85. The van der Waals surface area contributed by atoms with Gasteiger partial charge in [-0.2, -0.15) is 0 Å². The Kier molecular flexibility index (Phi) is 5.63. The van der Waals surface area contributed by atoms with Gasteiger partial charge in [0.2, 0.25) is 0 Å². The van der Waals surface area contributed by atoms with Crippen LogP contribution in [0.2, 0.25) is 0 Å². The highest BCUT2D eigenvalue weighted by Gasteiger charge is 2.29. The predicted octanol–water partition coefficient (Wildman–Crippen LogP) is 9.06. The van der Waals surface area contributed by atoms with E-state index in [0.717, 1.165) is 43.5 Å². The summed E-state index contributed by atoms with van der Waals surface area (Å²) in [6, 6.07) is 49.4. The van der Waals surface area contributed by atoms with Crippen molar-refractivity contribution in [1.82, 2.24) is 4.98 Å². The standard InChI is InChI=1S/C37H24NOPS/c39-40(26-11-3-1-4-12-26,27-13-5-2-6-14-27)28-21-19-25(20-22-28)36-32-24-23-30-29-15-8-10-18-34(29)41-37(30)35(32)31-16-7-9-17-33(31)38-36/h1-24H. The van der Waals surface area contributed by atoms with E-state index >= 15 is 0 Å². The van der Waals surface area contributed by atoms with Crippen molar-refractivity contribution >= 4 is 76.2 Å². The molecule has 0 radical (unpaired) electrons. The van der Waals surface area contributed by atoms with Gasteiger partial charge in [-0.3, -0.25) is 0 Å². The quantitative estimate of drug-likeness (QED) is 0.158. The van der Waals surface area contributed by atoms with Gasteiger partial charge in [-0.1, -0.05) is 133 Å². The third-order valence-corrected chi connectivity index (χ3v) is 12.2. The Morgan fingerprint density at radius 3 is 1.76 bits per heavy atom. The summed E-state index contributed by atoms with van der Waals surface area (Å²) in [4.78, 5) is 5.18. The van der Waals surface area contributed by atoms with Gasteiger partial charge < -0.3 is 4.57 Å². The van der Waals surface area contributed by atoms with Gasteiger partial charge in [-0.15, -0.1) is 11.3 Å². The summed E-state index contributed by atoms with van der Waals surface area (Å²) < 4.78 is 17.5. The van der Waals surface area contributed by atoms with Crippen molar-refractivity contribution in [1.29, 1.82) is 0 Å². The smallest absolute Gasteiger partial charge is 0.171 e. The van der Waals surface area contributed by atoms with Gasteiger partial charge in [0.25, 0.3) is 0 Å². The van der Waals surface area contributed by atoms with E-state index in [1.54, 1.807) is 0 Å². The lowest BCUT2D eigenvalue weighted by Gasteiger charge is -2.20. The van der Waals surface area contributed by atoms with Crippen LogP contribution in [-0.4, -0.2) is 4.98 Å². The molecule has 194 valence electrons. The lowest BCUT2D eigenvalue weighted by Crippen LogP contribution is -2.24. The summed E-state index contributed by atoms with van der Waals surface area (Å²) >= 11 is 1.85. The minimum Gasteiger partial charge on any atom is -0.309 e. The molecule has 0 aliphatic carbocycles. The zero-order valence-corrected chi connectivity index (χ0v) is 23.8. The Balaban J connectivity index is 1.36. The second-order valence-electron chi connectivity index (χ2n) is 10.3. The van der Waals surface area contributed by atoms with Crippen LogP contribution in [0, 0.1) is 0 Å². The second-order valence-corrected chi connectivity index (χ2v) is 14.1. The topological polar surface area (TPSA) is 30.0 Å². The maximum Gasteiger partial charge on any atom is 0.171 e. The fourth-order valence-electron chi connectivity index (χ4n) is 5.99. The maximum atomic E-state index is 14.9. The number of fused-ring (bicyclic) bond motifs is 7. The van der Waals surface area contributed by atoms with Crippen LogP contribution in [-0.2, 0) is 4.57 Å². The Morgan fingerprint density at radius 2 is 1.05 bits per heavy atom. The predicted molar refractivity (Wildman–Crippen MR) is 177 cm³/mol. The van der Waals surface area contributed by atoms with Gasteiger partial charge in [0.1, 0.15) is 0 Å². The van der Waals surface area contributed by atoms with Crippen molar-refractivity contribution < 1.29 is 4.57 Å². The first-order valence-corrected chi connectivity index (χ1v) is 16.2. The van der Waals surface area contributed by atoms with Crippen molar-refractivity contribution in [3.05, 3.63) is 146 Å². The number of hydrogen-bond donors (Lipinski definition) is 0. The molecule has 4 heteroatoms. The second kappa shape index (κ2) is 9.52. The Bertz CT molecular complexity index is 2230. The van der Waals surface area contributed by atoms with Crippen LogP contribution < -0.4 is 15.9 Å². The molecular formula is C37H24NOPS. The number of thiophene rings is 1. The number of benzene rings is 6. The number of rotatable bonds is 4. The van der Waals surface area contributed by atoms with Crippen LogP contribution >= 0.6 is 18.5 Å². The fraction of sp³-hybridized carbons (Fsp3) is 0. The zero-order chi connectivity index (χ0) is 27.4. The highest BCUT2D eigenvalue weighted by Crippen LogP contribution is 2.45. The molecule has 0 N–H and O–H groups in total. The van der Waals surface area contributed by atoms with Crippen LogP contribution in [0.3, 0.4) is 0 Å². The van der Waals surface area contributed by atoms with Crippen molar-refractivity contribution in [3.8, 4) is 11.3 Å². The van der Waals surface area contributed by atoms with Crippen LogP contribution in [0.25, 0.3) is 53.1 Å². The molecule has 0 amide bonds. The van der Waals surface area contributed by atoms with Crippen LogP contribution in [0.5, 0.6) is 0 Å². The molecule has 8 rings (SSSR count). The summed E-state index contributed by atoms with van der Waals surface area (Å²) in [5.74, 6) is 0. The monoisotopic (exact) mass is 561 g/mol. The molecule has 0 aliphatic rings. The number of aromatic nitrogens is 1. The third kappa shape index (κ3) is 3.78. The molecule has 2 nitrogen and oxygen atoms in total. The van der Waals surface area contributed by atoms with Crippen molar-refractivity contribution in [2.75, 3.05) is 0 Å². The van der Waals surface area contributed by atoms with Crippen LogP contribution in [0.1, 0.15) is 0 Å². The lowest BCUT2D eigenvalue weighted by molar-refractivity contribution is 0.592. The Labute approximate surface area is 241 Å². The average molecular weight is 562 g/mol. The first kappa shape index (κ1) is 24.3. The fourth-order valence-corrected chi connectivity index (χ4v) is 9.90. The van der Waals surface area contributed by atoms with Gasteiger partial charge >= 0.3 is 0 Å². The highest BCUT2D eigenvalue weighted by atomic mass is 32.1. The lowest BCUT2D eigenvalue weighted by atomic mass is 9.98. The molecule has 0 atom stereocenters. The van der Waals surface area contributed by atoms with Gasteiger partial charge in [-0.05, 0) is 12.1 Å². The molecule has 0 fully saturated rings. The van der Waals surface area contributed by atoms with Crippen molar-refractivity contribution in [2.24, 2.45) is 0 Å². The van der Waals surface area contributed by atoms with E-state index in [-0.39, 0.29) is 0 Å². The molecule has 0 bridgehead atoms. The van der Waals surface area contributed by atoms with E-state index < -0.39 is 7.14 Å². The SMILES string of the molecule is O=P(c1ccccc1)(c1ccccc1)c1ccc(-c2nc3ccccc3c3c2ccc2c4ccccc4sc23)cc1. The first-order valence-electron chi connectivity index (χ1n) is 13.7. The van der Waals surface area contributed by atoms with E-state index in [1.807, 2.05) is 84.1 Å². The van der Waals surface area contributed by atoms with E-state index in [1.165, 1.54) is 25.6 Å².